The Morgan fingerprint density at radius 3 is 2.65 bits per heavy atom. The van der Waals surface area contributed by atoms with Gasteiger partial charge in [0.15, 0.2) is 11.0 Å². The largest absolute Gasteiger partial charge is 0.480 e. The van der Waals surface area contributed by atoms with E-state index in [-0.39, 0.29) is 5.69 Å². The van der Waals surface area contributed by atoms with Crippen molar-refractivity contribution in [3.63, 3.8) is 0 Å². The lowest BCUT2D eigenvalue weighted by molar-refractivity contribution is -0.384. The van der Waals surface area contributed by atoms with Gasteiger partial charge < -0.3 is 5.11 Å². The fourth-order valence-electron chi connectivity index (χ4n) is 1.82. The van der Waals surface area contributed by atoms with Gasteiger partial charge in [0, 0.05) is 24.2 Å². The summed E-state index contributed by atoms with van der Waals surface area (Å²) in [6, 6.07) is 5.93. The molecule has 0 amide bonds. The number of thioether (sulfide) groups is 1. The monoisotopic (exact) mass is 334 g/mol. The summed E-state index contributed by atoms with van der Waals surface area (Å²) < 4.78 is 1.72. The summed E-state index contributed by atoms with van der Waals surface area (Å²) in [4.78, 5) is 21.2. The predicted octanol–water partition coefficient (Wildman–Crippen LogP) is 2.60. The van der Waals surface area contributed by atoms with Crippen LogP contribution in [0.1, 0.15) is 6.92 Å². The molecule has 9 heteroatoms. The molecule has 0 spiro atoms. The molecule has 0 bridgehead atoms. The van der Waals surface area contributed by atoms with Crippen LogP contribution in [0.3, 0.4) is 0 Å². The molecular weight excluding hydrogens is 320 g/mol. The minimum absolute atomic E-state index is 0.0161. The van der Waals surface area contributed by atoms with Crippen molar-refractivity contribution in [1.29, 1.82) is 0 Å². The van der Waals surface area contributed by atoms with Gasteiger partial charge in [-0.25, -0.2) is 0 Å². The summed E-state index contributed by atoms with van der Waals surface area (Å²) in [7, 11) is 0. The highest BCUT2D eigenvalue weighted by molar-refractivity contribution is 8.00. The molecule has 120 valence electrons. The van der Waals surface area contributed by atoms with Gasteiger partial charge in [-0.3, -0.25) is 19.5 Å². The maximum absolute atomic E-state index is 11.0. The Bertz CT molecular complexity index is 742. The van der Waals surface area contributed by atoms with E-state index in [1.54, 1.807) is 29.7 Å². The average Bonchev–Trinajstić information content (AvgIpc) is 2.90. The Morgan fingerprint density at radius 1 is 1.48 bits per heavy atom. The van der Waals surface area contributed by atoms with Crippen molar-refractivity contribution in [3.05, 3.63) is 47.0 Å². The highest BCUT2D eigenvalue weighted by atomic mass is 32.2. The highest BCUT2D eigenvalue weighted by Crippen LogP contribution is 2.27. The minimum Gasteiger partial charge on any atom is -0.480 e. The number of hydrogen-bond acceptors (Lipinski definition) is 6. The van der Waals surface area contributed by atoms with E-state index >= 15 is 0 Å². The van der Waals surface area contributed by atoms with Crippen LogP contribution in [-0.4, -0.2) is 36.0 Å². The van der Waals surface area contributed by atoms with Crippen molar-refractivity contribution >= 4 is 23.4 Å². The van der Waals surface area contributed by atoms with Crippen LogP contribution in [0.5, 0.6) is 0 Å². The molecule has 0 aliphatic heterocycles. The molecule has 1 aromatic heterocycles. The quantitative estimate of drug-likeness (QED) is 0.358. The summed E-state index contributed by atoms with van der Waals surface area (Å²) in [5, 5.41) is 27.6. The third-order valence-electron chi connectivity index (χ3n) is 2.99. The summed E-state index contributed by atoms with van der Waals surface area (Å²) in [5.74, 6) is -0.445. The van der Waals surface area contributed by atoms with Crippen LogP contribution in [0.2, 0.25) is 0 Å². The van der Waals surface area contributed by atoms with E-state index in [0.29, 0.717) is 23.1 Å². The first-order chi connectivity index (χ1) is 10.9. The smallest absolute Gasteiger partial charge is 0.316 e. The van der Waals surface area contributed by atoms with Gasteiger partial charge in [-0.15, -0.1) is 16.8 Å². The molecule has 2 rings (SSSR count). The SMILES string of the molecule is C=CCn1c(S[C@H](C)C(=O)O)nnc1-c1ccc([N+](=O)[O-])cc1. The Hall–Kier alpha value is -2.68. The number of non-ortho nitro benzene ring substituents is 1. The normalized spacial score (nSPS) is 11.9. The van der Waals surface area contributed by atoms with Crippen LogP contribution in [0.25, 0.3) is 11.4 Å². The van der Waals surface area contributed by atoms with Crippen LogP contribution >= 0.6 is 11.8 Å². The molecule has 0 radical (unpaired) electrons. The summed E-state index contributed by atoms with van der Waals surface area (Å²) in [6.07, 6.45) is 1.65. The molecule has 0 aliphatic rings. The van der Waals surface area contributed by atoms with Gasteiger partial charge in [0.2, 0.25) is 0 Å². The van der Waals surface area contributed by atoms with Crippen LogP contribution < -0.4 is 0 Å². The number of nitrogens with zero attached hydrogens (tertiary/aromatic N) is 4. The molecule has 0 unspecified atom stereocenters. The van der Waals surface area contributed by atoms with E-state index in [2.05, 4.69) is 16.8 Å². The topological polar surface area (TPSA) is 111 Å². The predicted molar refractivity (Wildman–Crippen MR) is 85.3 cm³/mol. The van der Waals surface area contributed by atoms with Crippen molar-refractivity contribution in [3.8, 4) is 11.4 Å². The molecule has 0 saturated heterocycles. The molecular formula is C14H14N4O4S. The van der Waals surface area contributed by atoms with Crippen molar-refractivity contribution in [2.24, 2.45) is 0 Å². The molecule has 0 fully saturated rings. The van der Waals surface area contributed by atoms with Gasteiger partial charge in [0.1, 0.15) is 5.25 Å². The van der Waals surface area contributed by atoms with E-state index < -0.39 is 16.1 Å². The molecule has 1 aromatic carbocycles. The molecule has 2 aromatic rings. The number of allylic oxidation sites excluding steroid dienone is 1. The first-order valence-corrected chi connectivity index (χ1v) is 7.50. The number of carbonyl (C=O) groups is 1. The van der Waals surface area contributed by atoms with E-state index in [9.17, 15) is 14.9 Å². The lowest BCUT2D eigenvalue weighted by Crippen LogP contribution is -2.13. The highest BCUT2D eigenvalue weighted by Gasteiger charge is 2.20. The standard InChI is InChI=1S/C14H14N4O4S/c1-3-8-17-12(10-4-6-11(7-5-10)18(21)22)15-16-14(17)23-9(2)13(19)20/h3-7,9H,1,8H2,2H3,(H,19,20)/t9-/m1/s1. The Balaban J connectivity index is 2.38. The third kappa shape index (κ3) is 3.75. The number of benzene rings is 1. The Labute approximate surface area is 136 Å². The molecule has 1 N–H and O–H groups in total. The second kappa shape index (κ2) is 7.05. The van der Waals surface area contributed by atoms with Crippen LogP contribution in [-0.2, 0) is 11.3 Å². The second-order valence-corrected chi connectivity index (χ2v) is 5.92. The zero-order valence-electron chi connectivity index (χ0n) is 12.2. The maximum Gasteiger partial charge on any atom is 0.316 e. The number of hydrogen-bond donors (Lipinski definition) is 1. The summed E-state index contributed by atoms with van der Waals surface area (Å²) in [6.45, 7) is 5.63. The molecule has 0 aliphatic carbocycles. The number of nitro groups is 1. The zero-order valence-corrected chi connectivity index (χ0v) is 13.1. The van der Waals surface area contributed by atoms with Gasteiger partial charge in [0.25, 0.3) is 5.69 Å². The number of rotatable bonds is 7. The van der Waals surface area contributed by atoms with Gasteiger partial charge in [-0.1, -0.05) is 17.8 Å². The molecule has 1 heterocycles. The van der Waals surface area contributed by atoms with Gasteiger partial charge >= 0.3 is 5.97 Å². The van der Waals surface area contributed by atoms with Gasteiger partial charge in [0.05, 0.1) is 4.92 Å². The van der Waals surface area contributed by atoms with Crippen LogP contribution in [0, 0.1) is 10.1 Å². The Kier molecular flexibility index (Phi) is 5.12. The molecule has 1 atom stereocenters. The number of carboxylic acids is 1. The van der Waals surface area contributed by atoms with Gasteiger partial charge in [-0.05, 0) is 19.1 Å². The van der Waals surface area contributed by atoms with Crippen LogP contribution in [0.15, 0.2) is 42.1 Å². The molecule has 8 nitrogen and oxygen atoms in total. The number of aromatic nitrogens is 3. The van der Waals surface area contributed by atoms with E-state index in [0.717, 1.165) is 11.8 Å². The van der Waals surface area contributed by atoms with Crippen molar-refractivity contribution in [2.75, 3.05) is 0 Å². The fraction of sp³-hybridized carbons (Fsp3) is 0.214. The van der Waals surface area contributed by atoms with E-state index in [1.807, 2.05) is 0 Å². The first-order valence-electron chi connectivity index (χ1n) is 6.62. The number of carboxylic acid groups (broad SMARTS) is 1. The van der Waals surface area contributed by atoms with Crippen LogP contribution in [0.4, 0.5) is 5.69 Å². The van der Waals surface area contributed by atoms with Gasteiger partial charge in [-0.2, -0.15) is 0 Å². The maximum atomic E-state index is 11.0. The minimum atomic E-state index is -0.944. The van der Waals surface area contributed by atoms with E-state index in [1.165, 1.54) is 12.1 Å². The summed E-state index contributed by atoms with van der Waals surface area (Å²) >= 11 is 1.08. The second-order valence-electron chi connectivity index (χ2n) is 4.61. The average molecular weight is 334 g/mol. The zero-order chi connectivity index (χ0) is 17.0. The van der Waals surface area contributed by atoms with Crippen molar-refractivity contribution < 1.29 is 14.8 Å². The van der Waals surface area contributed by atoms with Crippen molar-refractivity contribution in [2.45, 2.75) is 23.9 Å². The number of aliphatic carboxylic acids is 1. The Morgan fingerprint density at radius 2 is 2.13 bits per heavy atom. The summed E-state index contributed by atoms with van der Waals surface area (Å²) in [5.41, 5.74) is 0.636. The number of nitro benzene ring substituents is 1. The lowest BCUT2D eigenvalue weighted by atomic mass is 10.2. The lowest BCUT2D eigenvalue weighted by Gasteiger charge is -2.09. The molecule has 0 saturated carbocycles. The van der Waals surface area contributed by atoms with Crippen molar-refractivity contribution in [1.82, 2.24) is 14.8 Å². The molecule has 23 heavy (non-hydrogen) atoms. The first kappa shape index (κ1) is 16.7. The van der Waals surface area contributed by atoms with E-state index in [4.69, 9.17) is 5.11 Å². The fourth-order valence-corrected chi connectivity index (χ4v) is 2.62. The third-order valence-corrected chi connectivity index (χ3v) is 4.06.